The molecule has 0 fully saturated rings. The molecule has 28 heavy (non-hydrogen) atoms. The first-order chi connectivity index (χ1) is 13.3. The van der Waals surface area contributed by atoms with E-state index in [-0.39, 0.29) is 15.7 Å². The molecule has 8 heteroatoms. The quantitative estimate of drug-likeness (QED) is 0.636. The monoisotopic (exact) mass is 425 g/mol. The van der Waals surface area contributed by atoms with Crippen LogP contribution >= 0.6 is 11.6 Å². The molecule has 2 aromatic rings. The van der Waals surface area contributed by atoms with E-state index in [1.165, 1.54) is 18.2 Å². The predicted molar refractivity (Wildman–Crippen MR) is 111 cm³/mol. The minimum Gasteiger partial charge on any atom is -0.490 e. The molecule has 0 aliphatic heterocycles. The minimum atomic E-state index is -3.29. The van der Waals surface area contributed by atoms with E-state index in [1.54, 1.807) is 25.1 Å². The number of sulfone groups is 1. The number of rotatable bonds is 9. The molecule has 2 rings (SSSR count). The first-order valence-electron chi connectivity index (χ1n) is 9.05. The average Bonchev–Trinajstić information content (AvgIpc) is 2.68. The van der Waals surface area contributed by atoms with Gasteiger partial charge in [0.2, 0.25) is 0 Å². The van der Waals surface area contributed by atoms with Crippen molar-refractivity contribution in [1.29, 1.82) is 0 Å². The summed E-state index contributed by atoms with van der Waals surface area (Å²) in [7, 11) is -3.29. The van der Waals surface area contributed by atoms with E-state index < -0.39 is 15.7 Å². The summed E-state index contributed by atoms with van der Waals surface area (Å²) >= 11 is 6.29. The molecule has 0 radical (unpaired) electrons. The highest BCUT2D eigenvalue weighted by Crippen LogP contribution is 2.37. The second-order valence-corrected chi connectivity index (χ2v) is 8.63. The van der Waals surface area contributed by atoms with Crippen molar-refractivity contribution in [2.45, 2.75) is 32.1 Å². The van der Waals surface area contributed by atoms with E-state index >= 15 is 0 Å². The van der Waals surface area contributed by atoms with E-state index in [0.717, 1.165) is 6.42 Å². The van der Waals surface area contributed by atoms with Crippen molar-refractivity contribution >= 4 is 33.0 Å². The molecule has 0 unspecified atom stereocenters. The fourth-order valence-corrected chi connectivity index (χ4v) is 3.57. The first-order valence-corrected chi connectivity index (χ1v) is 11.1. The van der Waals surface area contributed by atoms with Gasteiger partial charge < -0.3 is 14.8 Å². The maximum atomic E-state index is 12.6. The summed E-state index contributed by atoms with van der Waals surface area (Å²) in [5, 5.41) is 3.01. The van der Waals surface area contributed by atoms with Crippen LogP contribution in [-0.4, -0.2) is 33.3 Å². The van der Waals surface area contributed by atoms with Crippen molar-refractivity contribution in [3.8, 4) is 11.5 Å². The molecule has 0 saturated heterocycles. The van der Waals surface area contributed by atoms with Gasteiger partial charge in [0.15, 0.2) is 21.3 Å². The third-order valence-corrected chi connectivity index (χ3v) is 5.90. The molecule has 2 aromatic carbocycles. The molecule has 1 N–H and O–H groups in total. The van der Waals surface area contributed by atoms with Gasteiger partial charge in [-0.15, -0.1) is 0 Å². The van der Waals surface area contributed by atoms with Crippen molar-refractivity contribution in [3.63, 3.8) is 0 Å². The Morgan fingerprint density at radius 3 is 2.32 bits per heavy atom. The highest BCUT2D eigenvalue weighted by atomic mass is 35.5. The van der Waals surface area contributed by atoms with Crippen molar-refractivity contribution in [2.24, 2.45) is 0 Å². The summed E-state index contributed by atoms with van der Waals surface area (Å²) in [4.78, 5) is 12.8. The van der Waals surface area contributed by atoms with E-state index in [2.05, 4.69) is 5.32 Å². The lowest BCUT2D eigenvalue weighted by Gasteiger charge is -2.15. The van der Waals surface area contributed by atoms with Crippen LogP contribution in [0.25, 0.3) is 0 Å². The molecule has 0 saturated carbocycles. The second-order valence-electron chi connectivity index (χ2n) is 5.95. The van der Waals surface area contributed by atoms with Crippen molar-refractivity contribution in [1.82, 2.24) is 0 Å². The molecule has 0 spiro atoms. The van der Waals surface area contributed by atoms with E-state index in [4.69, 9.17) is 21.1 Å². The van der Waals surface area contributed by atoms with Gasteiger partial charge in [0.1, 0.15) is 0 Å². The molecule has 6 nitrogen and oxygen atoms in total. The van der Waals surface area contributed by atoms with Crippen LogP contribution in [0.5, 0.6) is 11.5 Å². The maximum absolute atomic E-state index is 12.6. The molecule has 0 heterocycles. The van der Waals surface area contributed by atoms with Gasteiger partial charge in [-0.3, -0.25) is 4.79 Å². The summed E-state index contributed by atoms with van der Waals surface area (Å²) in [5.74, 6) is 0.439. The number of hydrogen-bond donors (Lipinski definition) is 1. The van der Waals surface area contributed by atoms with Crippen LogP contribution in [0, 0.1) is 0 Å². The standard InChI is InChI=1S/C20H24ClNO5S/c1-4-11-27-19-17(21)12-14(13-18(19)26-5-2)20(23)22-15-7-9-16(10-8-15)28(24,25)6-3/h7-10,12-13H,4-6,11H2,1-3H3,(H,22,23). The zero-order valence-electron chi connectivity index (χ0n) is 16.1. The number of amides is 1. The van der Waals surface area contributed by atoms with Crippen LogP contribution in [0.4, 0.5) is 5.69 Å². The largest absolute Gasteiger partial charge is 0.490 e. The van der Waals surface area contributed by atoms with Crippen LogP contribution in [0.15, 0.2) is 41.3 Å². The van der Waals surface area contributed by atoms with Gasteiger partial charge in [-0.25, -0.2) is 8.42 Å². The number of benzene rings is 2. The Kier molecular flexibility index (Phi) is 7.71. The Morgan fingerprint density at radius 2 is 1.75 bits per heavy atom. The second kappa shape index (κ2) is 9.80. The molecule has 0 aliphatic carbocycles. The highest BCUT2D eigenvalue weighted by molar-refractivity contribution is 7.91. The molecule has 1 amide bonds. The lowest BCUT2D eigenvalue weighted by Crippen LogP contribution is -2.13. The zero-order valence-corrected chi connectivity index (χ0v) is 17.7. The molecule has 0 aromatic heterocycles. The average molecular weight is 426 g/mol. The molecule has 0 bridgehead atoms. The van der Waals surface area contributed by atoms with Crippen molar-refractivity contribution in [2.75, 3.05) is 24.3 Å². The van der Waals surface area contributed by atoms with Crippen molar-refractivity contribution < 1.29 is 22.7 Å². The number of halogens is 1. The van der Waals surface area contributed by atoms with Crippen LogP contribution in [0.1, 0.15) is 37.6 Å². The van der Waals surface area contributed by atoms with E-state index in [0.29, 0.717) is 36.0 Å². The van der Waals surface area contributed by atoms with Crippen LogP contribution in [0.2, 0.25) is 5.02 Å². The minimum absolute atomic E-state index is 0.0177. The normalized spacial score (nSPS) is 11.1. The number of carbonyl (C=O) groups is 1. The predicted octanol–water partition coefficient (Wildman–Crippen LogP) is 4.57. The number of nitrogens with one attached hydrogen (secondary N) is 1. The topological polar surface area (TPSA) is 81.7 Å². The summed E-state index contributed by atoms with van der Waals surface area (Å²) < 4.78 is 34.9. The lowest BCUT2D eigenvalue weighted by atomic mass is 10.1. The summed E-state index contributed by atoms with van der Waals surface area (Å²) in [6.45, 7) is 6.28. The molecule has 0 aliphatic rings. The van der Waals surface area contributed by atoms with Crippen molar-refractivity contribution in [3.05, 3.63) is 47.0 Å². The SMILES string of the molecule is CCCOc1c(Cl)cc(C(=O)Nc2ccc(S(=O)(=O)CC)cc2)cc1OCC. The number of ether oxygens (including phenoxy) is 2. The number of hydrogen-bond acceptors (Lipinski definition) is 5. The molecular formula is C20H24ClNO5S. The summed E-state index contributed by atoms with van der Waals surface area (Å²) in [6.07, 6.45) is 0.813. The van der Waals surface area contributed by atoms with Crippen LogP contribution in [-0.2, 0) is 9.84 Å². The Labute approximate surface area is 170 Å². The van der Waals surface area contributed by atoms with Gasteiger partial charge in [-0.2, -0.15) is 0 Å². The Bertz CT molecular complexity index is 926. The maximum Gasteiger partial charge on any atom is 0.255 e. The third kappa shape index (κ3) is 5.39. The van der Waals surface area contributed by atoms with Gasteiger partial charge in [-0.05, 0) is 49.7 Å². The number of anilines is 1. The van der Waals surface area contributed by atoms with Gasteiger partial charge in [0, 0.05) is 11.3 Å². The molecule has 152 valence electrons. The van der Waals surface area contributed by atoms with Crippen LogP contribution in [0.3, 0.4) is 0 Å². The summed E-state index contributed by atoms with van der Waals surface area (Å²) in [6, 6.07) is 9.11. The number of carbonyl (C=O) groups excluding carboxylic acids is 1. The Balaban J connectivity index is 2.24. The fourth-order valence-electron chi connectivity index (χ4n) is 2.42. The first kappa shape index (κ1) is 22.0. The van der Waals surface area contributed by atoms with E-state index in [9.17, 15) is 13.2 Å². The van der Waals surface area contributed by atoms with E-state index in [1.807, 2.05) is 13.8 Å². The van der Waals surface area contributed by atoms with Gasteiger partial charge >= 0.3 is 0 Å². The van der Waals surface area contributed by atoms with Gasteiger partial charge in [0.25, 0.3) is 5.91 Å². The Hall–Kier alpha value is -2.25. The van der Waals surface area contributed by atoms with Gasteiger partial charge in [-0.1, -0.05) is 25.4 Å². The Morgan fingerprint density at radius 1 is 1.07 bits per heavy atom. The van der Waals surface area contributed by atoms with Crippen LogP contribution < -0.4 is 14.8 Å². The third-order valence-electron chi connectivity index (χ3n) is 3.87. The fraction of sp³-hybridized carbons (Fsp3) is 0.350. The summed E-state index contributed by atoms with van der Waals surface area (Å²) in [5.41, 5.74) is 0.781. The molecule has 0 atom stereocenters. The van der Waals surface area contributed by atoms with Gasteiger partial charge in [0.05, 0.1) is 28.9 Å². The zero-order chi connectivity index (χ0) is 20.7. The molecular weight excluding hydrogens is 402 g/mol. The smallest absolute Gasteiger partial charge is 0.255 e. The lowest BCUT2D eigenvalue weighted by molar-refractivity contribution is 0.102. The highest BCUT2D eigenvalue weighted by Gasteiger charge is 2.17.